The summed E-state index contributed by atoms with van der Waals surface area (Å²) in [4.78, 5) is 2.85. The Morgan fingerprint density at radius 1 is 1.26 bits per heavy atom. The molecule has 2 aliphatic heterocycles. The minimum absolute atomic E-state index is 0.753. The smallest absolute Gasteiger partial charge is 0.0379 e. The maximum Gasteiger partial charge on any atom is 0.0379 e. The second-order valence-electron chi connectivity index (χ2n) is 7.55. The summed E-state index contributed by atoms with van der Waals surface area (Å²) in [6.07, 6.45) is 4.06. The predicted octanol–water partition coefficient (Wildman–Crippen LogP) is 4.54. The summed E-state index contributed by atoms with van der Waals surface area (Å²) < 4.78 is 0. The minimum Gasteiger partial charge on any atom is -0.384 e. The minimum atomic E-state index is 0.753. The van der Waals surface area contributed by atoms with Gasteiger partial charge in [0, 0.05) is 36.7 Å². The summed E-state index contributed by atoms with van der Waals surface area (Å²) >= 11 is 2.13. The number of hydrogen-bond acceptors (Lipinski definition) is 3. The summed E-state index contributed by atoms with van der Waals surface area (Å²) in [5, 5.41) is 3.66. The van der Waals surface area contributed by atoms with Gasteiger partial charge in [0.15, 0.2) is 0 Å². The maximum atomic E-state index is 3.66. The number of likely N-dealkylation sites (tertiary alicyclic amines) is 1. The van der Waals surface area contributed by atoms with Crippen LogP contribution < -0.4 is 5.32 Å². The zero-order chi connectivity index (χ0) is 15.8. The van der Waals surface area contributed by atoms with E-state index in [-0.39, 0.29) is 0 Å². The fourth-order valence-electron chi connectivity index (χ4n) is 5.25. The summed E-state index contributed by atoms with van der Waals surface area (Å²) in [5.41, 5.74) is 4.79. The molecule has 1 aliphatic carbocycles. The number of hydrogen-bond donors (Lipinski definition) is 1. The van der Waals surface area contributed by atoms with Crippen LogP contribution in [0, 0.1) is 5.92 Å². The van der Waals surface area contributed by atoms with Crippen LogP contribution in [0.25, 0.3) is 0 Å². The lowest BCUT2D eigenvalue weighted by Crippen LogP contribution is -2.50. The van der Waals surface area contributed by atoms with Crippen LogP contribution >= 0.6 is 11.8 Å². The molecule has 3 heteroatoms. The third-order valence-electron chi connectivity index (χ3n) is 6.09. The van der Waals surface area contributed by atoms with Crippen molar-refractivity contribution < 1.29 is 0 Å². The first-order valence-electron chi connectivity index (χ1n) is 9.50. The molecule has 0 radical (unpaired) electrons. The van der Waals surface area contributed by atoms with Crippen molar-refractivity contribution in [3.05, 3.63) is 29.3 Å². The molecule has 2 nitrogen and oxygen atoms in total. The summed E-state index contributed by atoms with van der Waals surface area (Å²) in [7, 11) is 0. The number of nitrogens with zero attached hydrogens (tertiary/aromatic N) is 1. The normalized spacial score (nSPS) is 32.3. The Balaban J connectivity index is 1.65. The highest BCUT2D eigenvalue weighted by Gasteiger charge is 2.44. The van der Waals surface area contributed by atoms with Gasteiger partial charge >= 0.3 is 0 Å². The van der Waals surface area contributed by atoms with E-state index >= 15 is 0 Å². The van der Waals surface area contributed by atoms with E-state index in [1.54, 1.807) is 11.1 Å². The Bertz CT molecular complexity index is 559. The van der Waals surface area contributed by atoms with Crippen LogP contribution in [-0.4, -0.2) is 42.1 Å². The highest BCUT2D eigenvalue weighted by Crippen LogP contribution is 2.51. The quantitative estimate of drug-likeness (QED) is 0.853. The zero-order valence-electron chi connectivity index (χ0n) is 14.6. The second kappa shape index (κ2) is 6.68. The molecular weight excluding hydrogens is 300 g/mol. The van der Waals surface area contributed by atoms with Crippen LogP contribution in [0.3, 0.4) is 0 Å². The summed E-state index contributed by atoms with van der Waals surface area (Å²) in [6, 6.07) is 7.79. The molecule has 0 saturated carbocycles. The number of fused-ring (bicyclic) bond motifs is 2. The molecule has 0 aromatic heterocycles. The Kier molecular flexibility index (Phi) is 4.60. The fraction of sp³-hybridized carbons (Fsp3) is 0.700. The van der Waals surface area contributed by atoms with Gasteiger partial charge in [-0.1, -0.05) is 26.0 Å². The van der Waals surface area contributed by atoms with E-state index in [1.165, 1.54) is 49.5 Å². The van der Waals surface area contributed by atoms with Gasteiger partial charge < -0.3 is 5.32 Å². The molecule has 1 saturated heterocycles. The Hall–Kier alpha value is -0.670. The number of anilines is 1. The van der Waals surface area contributed by atoms with Crippen molar-refractivity contribution >= 4 is 17.4 Å². The molecule has 2 heterocycles. The molecule has 1 aromatic carbocycles. The molecule has 2 unspecified atom stereocenters. The van der Waals surface area contributed by atoms with E-state index < -0.39 is 0 Å². The molecule has 23 heavy (non-hydrogen) atoms. The molecule has 0 amide bonds. The van der Waals surface area contributed by atoms with Crippen molar-refractivity contribution in [1.29, 1.82) is 0 Å². The monoisotopic (exact) mass is 330 g/mol. The zero-order valence-corrected chi connectivity index (χ0v) is 15.4. The molecule has 126 valence electrons. The summed E-state index contributed by atoms with van der Waals surface area (Å²) in [6.45, 7) is 8.40. The average Bonchev–Trinajstić information content (AvgIpc) is 2.99. The highest BCUT2D eigenvalue weighted by molar-refractivity contribution is 7.99. The number of thioether (sulfide) groups is 1. The third-order valence-corrected chi connectivity index (χ3v) is 7.21. The van der Waals surface area contributed by atoms with Crippen LogP contribution in [0.4, 0.5) is 5.69 Å². The third kappa shape index (κ3) is 2.80. The Morgan fingerprint density at radius 2 is 2.17 bits per heavy atom. The van der Waals surface area contributed by atoms with Gasteiger partial charge in [-0.25, -0.2) is 0 Å². The molecular formula is C20H30N2S. The van der Waals surface area contributed by atoms with Gasteiger partial charge in [-0.15, -0.1) is 0 Å². The average molecular weight is 331 g/mol. The van der Waals surface area contributed by atoms with Crippen LogP contribution in [0.1, 0.15) is 56.1 Å². The van der Waals surface area contributed by atoms with Crippen molar-refractivity contribution in [1.82, 2.24) is 4.90 Å². The lowest BCUT2D eigenvalue weighted by Gasteiger charge is -2.49. The van der Waals surface area contributed by atoms with Gasteiger partial charge in [0.2, 0.25) is 0 Å². The van der Waals surface area contributed by atoms with Gasteiger partial charge in [-0.05, 0) is 60.4 Å². The molecule has 1 fully saturated rings. The van der Waals surface area contributed by atoms with Crippen molar-refractivity contribution in [3.63, 3.8) is 0 Å². The highest BCUT2D eigenvalue weighted by atomic mass is 32.2. The molecule has 3 aliphatic rings. The van der Waals surface area contributed by atoms with Gasteiger partial charge in [0.25, 0.3) is 0 Å². The van der Waals surface area contributed by atoms with Crippen LogP contribution in [0.2, 0.25) is 0 Å². The van der Waals surface area contributed by atoms with Gasteiger partial charge in [0.05, 0.1) is 0 Å². The number of piperidine rings is 1. The molecule has 4 atom stereocenters. The van der Waals surface area contributed by atoms with Crippen LogP contribution in [0.15, 0.2) is 18.2 Å². The van der Waals surface area contributed by atoms with Gasteiger partial charge in [0.1, 0.15) is 0 Å². The van der Waals surface area contributed by atoms with E-state index in [9.17, 15) is 0 Å². The number of rotatable bonds is 5. The van der Waals surface area contributed by atoms with Gasteiger partial charge in [-0.2, -0.15) is 11.8 Å². The van der Waals surface area contributed by atoms with E-state index in [4.69, 9.17) is 0 Å². The van der Waals surface area contributed by atoms with Crippen molar-refractivity contribution in [3.8, 4) is 0 Å². The fourth-order valence-corrected chi connectivity index (χ4v) is 6.06. The lowest BCUT2D eigenvalue weighted by molar-refractivity contribution is 0.0778. The van der Waals surface area contributed by atoms with E-state index in [1.807, 2.05) is 0 Å². The Labute approximate surface area is 145 Å². The molecule has 0 bridgehead atoms. The van der Waals surface area contributed by atoms with E-state index in [2.05, 4.69) is 54.0 Å². The van der Waals surface area contributed by atoms with Crippen molar-refractivity contribution in [2.24, 2.45) is 5.92 Å². The first kappa shape index (κ1) is 15.8. The van der Waals surface area contributed by atoms with Crippen molar-refractivity contribution in [2.75, 3.05) is 36.5 Å². The maximum absolute atomic E-state index is 3.66. The molecule has 1 aromatic rings. The predicted molar refractivity (Wildman–Crippen MR) is 102 cm³/mol. The standard InChI is InChI=1S/C20H30N2S/c1-3-8-22-12-14(13-23-4-2)9-17-16-6-5-7-18-20(16)15(11-21-18)10-19(17)22/h5-7,14-15,17,19,21H,3-4,8-13H2,1-2H3/t14?,15?,17-,19-/m1/s1. The lowest BCUT2D eigenvalue weighted by atomic mass is 9.68. The van der Waals surface area contributed by atoms with Crippen LogP contribution in [0.5, 0.6) is 0 Å². The Morgan fingerprint density at radius 3 is 3.00 bits per heavy atom. The number of nitrogens with one attached hydrogen (secondary N) is 1. The SMILES string of the molecule is CCCN1CC(CSCC)C[C@@H]2c3cccc4c3C(CN4)C[C@H]21. The second-order valence-corrected chi connectivity index (χ2v) is 8.87. The first-order valence-corrected chi connectivity index (χ1v) is 10.7. The van der Waals surface area contributed by atoms with Gasteiger partial charge in [-0.3, -0.25) is 4.90 Å². The largest absolute Gasteiger partial charge is 0.384 e. The van der Waals surface area contributed by atoms with Crippen LogP contribution in [-0.2, 0) is 0 Å². The van der Waals surface area contributed by atoms with E-state index in [0.29, 0.717) is 0 Å². The molecule has 0 spiro atoms. The topological polar surface area (TPSA) is 15.3 Å². The first-order chi connectivity index (χ1) is 11.3. The molecule has 4 rings (SSSR count). The van der Waals surface area contributed by atoms with Crippen molar-refractivity contribution in [2.45, 2.75) is 51.0 Å². The number of benzene rings is 1. The van der Waals surface area contributed by atoms with E-state index in [0.717, 1.165) is 30.3 Å². The molecule has 1 N–H and O–H groups in total. The summed E-state index contributed by atoms with van der Waals surface area (Å²) in [5.74, 6) is 4.99.